The number of pyridine rings is 2. The fraction of sp³-hybridized carbons (Fsp3) is 0.172. The van der Waals surface area contributed by atoms with Gasteiger partial charge in [-0.15, -0.1) is 0 Å². The lowest BCUT2D eigenvalue weighted by atomic mass is 10.2. The number of hydrogen-bond donors (Lipinski definition) is 0. The van der Waals surface area contributed by atoms with Crippen LogP contribution >= 0.6 is 0 Å². The number of rotatable bonds is 6. The molecule has 0 N–H and O–H groups in total. The summed E-state index contributed by atoms with van der Waals surface area (Å²) in [5.74, 6) is 0.139. The lowest BCUT2D eigenvalue weighted by molar-refractivity contribution is 0.414. The number of halogens is 1. The van der Waals surface area contributed by atoms with Crippen molar-refractivity contribution < 1.29 is 13.9 Å². The van der Waals surface area contributed by atoms with Gasteiger partial charge in [0.2, 0.25) is 0 Å². The number of nitrogens with zero attached hydrogens (tertiary/aromatic N) is 4. The summed E-state index contributed by atoms with van der Waals surface area (Å²) >= 11 is 0. The number of benzene rings is 2. The van der Waals surface area contributed by atoms with Crippen LogP contribution < -0.4 is 26.3 Å². The molecule has 0 spiro atoms. The number of aromatic nitrogens is 4. The molecule has 3 aromatic heterocycles. The van der Waals surface area contributed by atoms with Crippen LogP contribution in [0.5, 0.6) is 17.2 Å². The Morgan fingerprint density at radius 1 is 0.923 bits per heavy atom. The molecule has 10 heteroatoms. The molecule has 0 unspecified atom stereocenters. The van der Waals surface area contributed by atoms with Gasteiger partial charge in [0.1, 0.15) is 34.1 Å². The van der Waals surface area contributed by atoms with Crippen LogP contribution in [0.2, 0.25) is 0 Å². The molecule has 5 rings (SSSR count). The van der Waals surface area contributed by atoms with Crippen LogP contribution in [-0.2, 0) is 13.6 Å². The zero-order valence-electron chi connectivity index (χ0n) is 21.8. The van der Waals surface area contributed by atoms with E-state index in [9.17, 15) is 14.4 Å². The molecule has 9 nitrogen and oxygen atoms in total. The average Bonchev–Trinajstić information content (AvgIpc) is 2.91. The van der Waals surface area contributed by atoms with Crippen LogP contribution in [-0.4, -0.2) is 25.8 Å². The normalized spacial score (nSPS) is 11.1. The fourth-order valence-electron chi connectivity index (χ4n) is 4.34. The van der Waals surface area contributed by atoms with Crippen LogP contribution in [0.1, 0.15) is 16.8 Å². The molecule has 0 fully saturated rings. The van der Waals surface area contributed by atoms with Crippen LogP contribution in [0.3, 0.4) is 0 Å². The Hall–Kier alpha value is -4.99. The van der Waals surface area contributed by atoms with E-state index in [0.29, 0.717) is 16.9 Å². The highest BCUT2D eigenvalue weighted by Gasteiger charge is 2.23. The molecule has 0 atom stereocenters. The summed E-state index contributed by atoms with van der Waals surface area (Å²) in [4.78, 5) is 45.1. The molecular formula is C29H25FN4O5. The molecule has 5 aromatic rings. The van der Waals surface area contributed by atoms with Gasteiger partial charge in [0.15, 0.2) is 0 Å². The van der Waals surface area contributed by atoms with Crippen molar-refractivity contribution in [3.63, 3.8) is 0 Å². The summed E-state index contributed by atoms with van der Waals surface area (Å²) in [6.45, 7) is 3.42. The second-order valence-electron chi connectivity index (χ2n) is 9.15. The first kappa shape index (κ1) is 25.7. The minimum Gasteiger partial charge on any atom is -0.497 e. The van der Waals surface area contributed by atoms with E-state index in [1.165, 1.54) is 38.6 Å². The largest absolute Gasteiger partial charge is 0.497 e. The van der Waals surface area contributed by atoms with E-state index in [0.717, 1.165) is 19.4 Å². The molecule has 0 aliphatic rings. The van der Waals surface area contributed by atoms with E-state index in [1.807, 2.05) is 6.92 Å². The van der Waals surface area contributed by atoms with Gasteiger partial charge in [-0.2, -0.15) is 0 Å². The standard InChI is InChI=1S/C29H25FN4O5/c1-17-5-12-23(22(30)13-17)34-27-26(24(14-25(35)32(27)3)39-21-9-6-18(2)31-15-21)28(36)33(29(34)37)16-19-7-10-20(38-4)11-8-19/h5-15H,16H2,1-4H3. The molecule has 198 valence electrons. The molecule has 0 bridgehead atoms. The molecule has 2 aromatic carbocycles. The number of ether oxygens (including phenoxy) is 2. The zero-order chi connectivity index (χ0) is 27.8. The molecule has 0 saturated carbocycles. The number of hydrogen-bond acceptors (Lipinski definition) is 6. The molecule has 0 saturated heterocycles. The van der Waals surface area contributed by atoms with Gasteiger partial charge < -0.3 is 9.47 Å². The summed E-state index contributed by atoms with van der Waals surface area (Å²) in [5, 5.41) is -0.0641. The minimum absolute atomic E-state index is 0.0641. The highest BCUT2D eigenvalue weighted by molar-refractivity contribution is 5.83. The van der Waals surface area contributed by atoms with Crippen molar-refractivity contribution in [1.82, 2.24) is 18.7 Å². The van der Waals surface area contributed by atoms with Crippen molar-refractivity contribution in [3.8, 4) is 22.9 Å². The number of fused-ring (bicyclic) bond motifs is 1. The van der Waals surface area contributed by atoms with Crippen molar-refractivity contribution in [1.29, 1.82) is 0 Å². The van der Waals surface area contributed by atoms with Crippen molar-refractivity contribution in [2.45, 2.75) is 20.4 Å². The lowest BCUT2D eigenvalue weighted by Gasteiger charge is -2.19. The van der Waals surface area contributed by atoms with Gasteiger partial charge in [-0.1, -0.05) is 18.2 Å². The van der Waals surface area contributed by atoms with Crippen molar-refractivity contribution in [3.05, 3.63) is 121 Å². The number of aryl methyl sites for hydroxylation is 3. The predicted octanol–water partition coefficient (Wildman–Crippen LogP) is 3.85. The Bertz CT molecular complexity index is 1890. The maximum absolute atomic E-state index is 15.3. The Labute approximate surface area is 221 Å². The first-order valence-electron chi connectivity index (χ1n) is 12.1. The Kier molecular flexibility index (Phi) is 6.61. The Morgan fingerprint density at radius 3 is 2.28 bits per heavy atom. The molecular weight excluding hydrogens is 503 g/mol. The summed E-state index contributed by atoms with van der Waals surface area (Å²) in [6, 6.07) is 15.8. The van der Waals surface area contributed by atoms with Gasteiger partial charge in [-0.3, -0.25) is 23.7 Å². The maximum Gasteiger partial charge on any atom is 0.337 e. The van der Waals surface area contributed by atoms with E-state index in [-0.39, 0.29) is 34.8 Å². The Balaban J connectivity index is 1.86. The molecule has 3 heterocycles. The van der Waals surface area contributed by atoms with Gasteiger partial charge in [0, 0.05) is 18.8 Å². The van der Waals surface area contributed by atoms with E-state index >= 15 is 4.39 Å². The summed E-state index contributed by atoms with van der Waals surface area (Å²) in [7, 11) is 2.95. The quantitative estimate of drug-likeness (QED) is 0.332. The third-order valence-corrected chi connectivity index (χ3v) is 6.42. The van der Waals surface area contributed by atoms with E-state index in [1.54, 1.807) is 49.4 Å². The van der Waals surface area contributed by atoms with Gasteiger partial charge in [-0.05, 0) is 61.4 Å². The summed E-state index contributed by atoms with van der Waals surface area (Å²) in [5.41, 5.74) is -0.225. The monoisotopic (exact) mass is 528 g/mol. The second kappa shape index (κ2) is 10.1. The zero-order valence-corrected chi connectivity index (χ0v) is 21.8. The van der Waals surface area contributed by atoms with Gasteiger partial charge >= 0.3 is 5.69 Å². The second-order valence-corrected chi connectivity index (χ2v) is 9.15. The van der Waals surface area contributed by atoms with E-state index < -0.39 is 22.6 Å². The third-order valence-electron chi connectivity index (χ3n) is 6.42. The third kappa shape index (κ3) is 4.72. The van der Waals surface area contributed by atoms with E-state index in [2.05, 4.69) is 4.98 Å². The summed E-state index contributed by atoms with van der Waals surface area (Å²) < 4.78 is 29.6. The minimum atomic E-state index is -0.810. The van der Waals surface area contributed by atoms with Crippen LogP contribution in [0.4, 0.5) is 4.39 Å². The first-order chi connectivity index (χ1) is 18.7. The SMILES string of the molecule is COc1ccc(Cn2c(=O)c3c(Oc4ccc(C)nc4)cc(=O)n(C)c3n(-c3ccc(C)cc3F)c2=O)cc1. The molecule has 39 heavy (non-hydrogen) atoms. The molecule has 0 aliphatic carbocycles. The molecule has 0 aliphatic heterocycles. The maximum atomic E-state index is 15.3. The number of methoxy groups -OCH3 is 1. The van der Waals surface area contributed by atoms with Crippen LogP contribution in [0, 0.1) is 19.7 Å². The topological polar surface area (TPSA) is 97.3 Å². The van der Waals surface area contributed by atoms with Crippen molar-refractivity contribution >= 4 is 11.0 Å². The van der Waals surface area contributed by atoms with Crippen molar-refractivity contribution in [2.24, 2.45) is 7.05 Å². The smallest absolute Gasteiger partial charge is 0.337 e. The van der Waals surface area contributed by atoms with Crippen molar-refractivity contribution in [2.75, 3.05) is 7.11 Å². The predicted molar refractivity (Wildman–Crippen MR) is 145 cm³/mol. The average molecular weight is 529 g/mol. The lowest BCUT2D eigenvalue weighted by Crippen LogP contribution is -2.42. The summed E-state index contributed by atoms with van der Waals surface area (Å²) in [6.07, 6.45) is 1.46. The Morgan fingerprint density at radius 2 is 1.64 bits per heavy atom. The fourth-order valence-corrected chi connectivity index (χ4v) is 4.34. The van der Waals surface area contributed by atoms with Gasteiger partial charge in [0.05, 0.1) is 25.5 Å². The molecule has 0 radical (unpaired) electrons. The highest BCUT2D eigenvalue weighted by Crippen LogP contribution is 2.27. The highest BCUT2D eigenvalue weighted by atomic mass is 19.1. The van der Waals surface area contributed by atoms with Gasteiger partial charge in [-0.25, -0.2) is 13.8 Å². The van der Waals surface area contributed by atoms with Crippen LogP contribution in [0.25, 0.3) is 16.7 Å². The molecule has 0 amide bonds. The van der Waals surface area contributed by atoms with Gasteiger partial charge in [0.25, 0.3) is 11.1 Å². The first-order valence-corrected chi connectivity index (χ1v) is 12.1. The van der Waals surface area contributed by atoms with Crippen LogP contribution in [0.15, 0.2) is 81.2 Å². The van der Waals surface area contributed by atoms with E-state index in [4.69, 9.17) is 9.47 Å².